The van der Waals surface area contributed by atoms with Gasteiger partial charge >= 0.3 is 0 Å². The summed E-state index contributed by atoms with van der Waals surface area (Å²) in [5, 5.41) is 5.89. The third-order valence-electron chi connectivity index (χ3n) is 4.42. The second-order valence-electron chi connectivity index (χ2n) is 6.33. The summed E-state index contributed by atoms with van der Waals surface area (Å²) in [6.07, 6.45) is 0.141. The van der Waals surface area contributed by atoms with E-state index < -0.39 is 5.92 Å². The van der Waals surface area contributed by atoms with E-state index in [0.717, 1.165) is 11.3 Å². The van der Waals surface area contributed by atoms with E-state index >= 15 is 0 Å². The summed E-state index contributed by atoms with van der Waals surface area (Å²) >= 11 is 6.04. The average molecular weight is 386 g/mol. The maximum Gasteiger partial charge on any atom is 0.239 e. The molecule has 1 fully saturated rings. The Morgan fingerprint density at radius 3 is 2.48 bits per heavy atom. The summed E-state index contributed by atoms with van der Waals surface area (Å²) in [7, 11) is 0. The van der Waals surface area contributed by atoms with Gasteiger partial charge in [-0.3, -0.25) is 14.4 Å². The lowest BCUT2D eigenvalue weighted by Gasteiger charge is -2.16. The molecule has 0 bridgehead atoms. The molecule has 0 aromatic heterocycles. The highest BCUT2D eigenvalue weighted by molar-refractivity contribution is 6.31. The molecular formula is C20H20ClN3O3. The van der Waals surface area contributed by atoms with E-state index in [9.17, 15) is 14.4 Å². The zero-order chi connectivity index (χ0) is 19.2. The molecular weight excluding hydrogens is 366 g/mol. The minimum absolute atomic E-state index is 0.0930. The Labute approximate surface area is 162 Å². The van der Waals surface area contributed by atoms with Crippen LogP contribution in [0.3, 0.4) is 0 Å². The molecule has 0 unspecified atom stereocenters. The monoisotopic (exact) mass is 385 g/mol. The van der Waals surface area contributed by atoms with E-state index in [1.54, 1.807) is 11.0 Å². The molecule has 0 radical (unpaired) electrons. The van der Waals surface area contributed by atoms with E-state index in [2.05, 4.69) is 10.6 Å². The fraction of sp³-hybridized carbons (Fsp3) is 0.250. The lowest BCUT2D eigenvalue weighted by Crippen LogP contribution is -2.40. The predicted octanol–water partition coefficient (Wildman–Crippen LogP) is 2.13. The third-order valence-corrected chi connectivity index (χ3v) is 4.79. The normalized spacial score (nSPS) is 16.3. The summed E-state index contributed by atoms with van der Waals surface area (Å²) < 4.78 is 0. The molecule has 1 aliphatic heterocycles. The molecule has 0 spiro atoms. The Bertz CT molecular complexity index is 841. The Kier molecular flexibility index (Phi) is 6.08. The number of hydrogen-bond acceptors (Lipinski definition) is 3. The van der Waals surface area contributed by atoms with Crippen molar-refractivity contribution < 1.29 is 14.4 Å². The van der Waals surface area contributed by atoms with Crippen LogP contribution in [0.25, 0.3) is 0 Å². The maximum absolute atomic E-state index is 12.3. The molecule has 2 N–H and O–H groups in total. The summed E-state index contributed by atoms with van der Waals surface area (Å²) in [5.41, 5.74) is 1.58. The minimum Gasteiger partial charge on any atom is -0.350 e. The Morgan fingerprint density at radius 2 is 1.74 bits per heavy atom. The molecule has 1 heterocycles. The maximum atomic E-state index is 12.3. The first kappa shape index (κ1) is 18.9. The zero-order valence-electron chi connectivity index (χ0n) is 14.7. The van der Waals surface area contributed by atoms with Crippen molar-refractivity contribution in [1.82, 2.24) is 10.6 Å². The molecule has 2 aromatic rings. The van der Waals surface area contributed by atoms with Crippen LogP contribution >= 0.6 is 11.6 Å². The van der Waals surface area contributed by atoms with Crippen molar-refractivity contribution in [3.05, 3.63) is 65.2 Å². The summed E-state index contributed by atoms with van der Waals surface area (Å²) in [4.78, 5) is 38.0. The number of anilines is 1. The second kappa shape index (κ2) is 8.68. The van der Waals surface area contributed by atoms with Gasteiger partial charge in [-0.25, -0.2) is 0 Å². The molecule has 0 saturated carbocycles. The summed E-state index contributed by atoms with van der Waals surface area (Å²) in [5.74, 6) is -1.17. The molecule has 27 heavy (non-hydrogen) atoms. The van der Waals surface area contributed by atoms with Crippen LogP contribution < -0.4 is 15.5 Å². The third kappa shape index (κ3) is 4.86. The first-order valence-corrected chi connectivity index (χ1v) is 9.05. The molecule has 7 heteroatoms. The lowest BCUT2D eigenvalue weighted by atomic mass is 10.1. The summed E-state index contributed by atoms with van der Waals surface area (Å²) in [6, 6.07) is 16.5. The number of amides is 3. The van der Waals surface area contributed by atoms with Crippen molar-refractivity contribution in [1.29, 1.82) is 0 Å². The van der Waals surface area contributed by atoms with E-state index in [-0.39, 0.29) is 37.2 Å². The molecule has 2 aromatic carbocycles. The fourth-order valence-corrected chi connectivity index (χ4v) is 3.15. The topological polar surface area (TPSA) is 78.5 Å². The minimum atomic E-state index is -0.464. The predicted molar refractivity (Wildman–Crippen MR) is 103 cm³/mol. The van der Waals surface area contributed by atoms with Crippen LogP contribution in [0.15, 0.2) is 54.6 Å². The van der Waals surface area contributed by atoms with E-state index in [1.165, 1.54) is 0 Å². The van der Waals surface area contributed by atoms with Crippen molar-refractivity contribution in [3.63, 3.8) is 0 Å². The van der Waals surface area contributed by atoms with Crippen LogP contribution in [0.2, 0.25) is 5.02 Å². The Morgan fingerprint density at radius 1 is 1.04 bits per heavy atom. The van der Waals surface area contributed by atoms with Gasteiger partial charge < -0.3 is 15.5 Å². The van der Waals surface area contributed by atoms with Gasteiger partial charge in [-0.05, 0) is 23.8 Å². The highest BCUT2D eigenvalue weighted by Crippen LogP contribution is 2.24. The van der Waals surface area contributed by atoms with Crippen LogP contribution in [-0.2, 0) is 20.9 Å². The fourth-order valence-electron chi connectivity index (χ4n) is 2.95. The second-order valence-corrected chi connectivity index (χ2v) is 6.73. The lowest BCUT2D eigenvalue weighted by molar-refractivity contribution is -0.129. The molecule has 6 nitrogen and oxygen atoms in total. The summed E-state index contributed by atoms with van der Waals surface area (Å²) in [6.45, 7) is 0.466. The number of nitrogens with zero attached hydrogens (tertiary/aromatic N) is 1. The van der Waals surface area contributed by atoms with Gasteiger partial charge in [-0.15, -0.1) is 0 Å². The van der Waals surface area contributed by atoms with Gasteiger partial charge in [0.2, 0.25) is 17.7 Å². The number of nitrogens with one attached hydrogen (secondary N) is 2. The van der Waals surface area contributed by atoms with Crippen LogP contribution in [0.5, 0.6) is 0 Å². The SMILES string of the molecule is O=C(CNC(=O)[C@H]1CC(=O)N(c2ccccc2)C1)NCc1ccccc1Cl. The number of hydrogen-bond donors (Lipinski definition) is 2. The van der Waals surface area contributed by atoms with Crippen molar-refractivity contribution in [2.45, 2.75) is 13.0 Å². The van der Waals surface area contributed by atoms with Crippen LogP contribution in [-0.4, -0.2) is 30.8 Å². The van der Waals surface area contributed by atoms with E-state index in [0.29, 0.717) is 11.6 Å². The van der Waals surface area contributed by atoms with Gasteiger partial charge in [0.25, 0.3) is 0 Å². The van der Waals surface area contributed by atoms with Crippen molar-refractivity contribution in [3.8, 4) is 0 Å². The number of para-hydroxylation sites is 1. The number of carbonyl (C=O) groups is 3. The van der Waals surface area contributed by atoms with Gasteiger partial charge in [0.1, 0.15) is 0 Å². The molecule has 1 saturated heterocycles. The quantitative estimate of drug-likeness (QED) is 0.799. The Hall–Kier alpha value is -2.86. The van der Waals surface area contributed by atoms with Gasteiger partial charge in [0, 0.05) is 30.2 Å². The van der Waals surface area contributed by atoms with E-state index in [4.69, 9.17) is 11.6 Å². The van der Waals surface area contributed by atoms with Crippen LogP contribution in [0.1, 0.15) is 12.0 Å². The van der Waals surface area contributed by atoms with Crippen molar-refractivity contribution in [2.75, 3.05) is 18.0 Å². The number of carbonyl (C=O) groups excluding carboxylic acids is 3. The first-order valence-electron chi connectivity index (χ1n) is 8.68. The first-order chi connectivity index (χ1) is 13.0. The Balaban J connectivity index is 1.46. The van der Waals surface area contributed by atoms with Crippen molar-refractivity contribution >= 4 is 35.0 Å². The molecule has 1 aliphatic rings. The number of rotatable bonds is 6. The van der Waals surface area contributed by atoms with Gasteiger partial charge in [-0.1, -0.05) is 48.0 Å². The molecule has 3 rings (SSSR count). The highest BCUT2D eigenvalue weighted by Gasteiger charge is 2.35. The van der Waals surface area contributed by atoms with E-state index in [1.807, 2.05) is 48.5 Å². The number of halogens is 1. The van der Waals surface area contributed by atoms with Crippen LogP contribution in [0, 0.1) is 5.92 Å². The molecule has 1 atom stereocenters. The highest BCUT2D eigenvalue weighted by atomic mass is 35.5. The zero-order valence-corrected chi connectivity index (χ0v) is 15.4. The van der Waals surface area contributed by atoms with Crippen LogP contribution in [0.4, 0.5) is 5.69 Å². The average Bonchev–Trinajstić information content (AvgIpc) is 3.08. The smallest absolute Gasteiger partial charge is 0.239 e. The largest absolute Gasteiger partial charge is 0.350 e. The van der Waals surface area contributed by atoms with Crippen molar-refractivity contribution in [2.24, 2.45) is 5.92 Å². The molecule has 0 aliphatic carbocycles. The molecule has 3 amide bonds. The van der Waals surface area contributed by atoms with Gasteiger partial charge in [0.05, 0.1) is 12.5 Å². The molecule has 140 valence electrons. The number of benzene rings is 2. The van der Waals surface area contributed by atoms with Gasteiger partial charge in [-0.2, -0.15) is 0 Å². The van der Waals surface area contributed by atoms with Gasteiger partial charge in [0.15, 0.2) is 0 Å². The standard InChI is InChI=1S/C20H20ClN3O3/c21-17-9-5-4-6-14(17)11-22-18(25)12-23-20(27)15-10-19(26)24(13-15)16-7-2-1-3-8-16/h1-9,15H,10-13H2,(H,22,25)(H,23,27)/t15-/m0/s1.